The molecular formula is C66H105N9O11. The van der Waals surface area contributed by atoms with E-state index in [9.17, 15) is 52.7 Å². The van der Waals surface area contributed by atoms with Crippen molar-refractivity contribution in [1.82, 2.24) is 44.9 Å². The average Bonchev–Trinajstić information content (AvgIpc) is 4.04. The molecule has 2 N–H and O–H groups in total. The first-order valence-corrected chi connectivity index (χ1v) is 32.2. The van der Waals surface area contributed by atoms with Crippen molar-refractivity contribution in [3.8, 4) is 0 Å². The van der Waals surface area contributed by atoms with Gasteiger partial charge in [-0.1, -0.05) is 109 Å². The number of likely N-dealkylation sites (N-methyl/N-ethyl adjacent to an activating group) is 6. The van der Waals surface area contributed by atoms with Crippen molar-refractivity contribution in [2.45, 2.75) is 226 Å². The number of likely N-dealkylation sites (tertiary alicyclic amines) is 1. The van der Waals surface area contributed by atoms with Gasteiger partial charge in [0.2, 0.25) is 53.2 Å². The van der Waals surface area contributed by atoms with Crippen molar-refractivity contribution in [2.24, 2.45) is 29.6 Å². The number of ketones is 2. The quantitative estimate of drug-likeness (QED) is 0.0859. The normalized spacial score (nSPS) is 19.2. The van der Waals surface area contributed by atoms with E-state index in [2.05, 4.69) is 10.6 Å². The van der Waals surface area contributed by atoms with Gasteiger partial charge in [0.1, 0.15) is 29.7 Å². The van der Waals surface area contributed by atoms with Crippen LogP contribution >= 0.6 is 0 Å². The van der Waals surface area contributed by atoms with E-state index in [-0.39, 0.29) is 86.1 Å². The first-order valence-electron chi connectivity index (χ1n) is 32.2. The average molecular weight is 1200 g/mol. The molecule has 1 aromatic carbocycles. The molecule has 20 nitrogen and oxygen atoms in total. The topological polar surface area (TPSA) is 235 Å². The number of aryl methyl sites for hydroxylation is 1. The van der Waals surface area contributed by atoms with Crippen LogP contribution in [0.1, 0.15) is 182 Å². The first kappa shape index (κ1) is 70.6. The lowest BCUT2D eigenvalue weighted by Crippen LogP contribution is -2.65. The van der Waals surface area contributed by atoms with E-state index in [0.29, 0.717) is 45.1 Å². The lowest BCUT2D eigenvalue weighted by atomic mass is 9.83. The lowest BCUT2D eigenvalue weighted by Gasteiger charge is -2.45. The Morgan fingerprint density at radius 2 is 1.29 bits per heavy atom. The van der Waals surface area contributed by atoms with E-state index >= 15 is 0 Å². The summed E-state index contributed by atoms with van der Waals surface area (Å²) in [5, 5.41) is 5.97. The highest BCUT2D eigenvalue weighted by atomic mass is 16.2. The summed E-state index contributed by atoms with van der Waals surface area (Å²) in [5.41, 5.74) is 0.714. The van der Waals surface area contributed by atoms with Crippen molar-refractivity contribution in [3.63, 3.8) is 0 Å². The number of amides is 9. The van der Waals surface area contributed by atoms with Gasteiger partial charge in [-0.25, -0.2) is 0 Å². The molecule has 86 heavy (non-hydrogen) atoms. The maximum Gasteiger partial charge on any atom is 0.248 e. The second-order valence-corrected chi connectivity index (χ2v) is 26.1. The first-order chi connectivity index (χ1) is 40.6. The largest absolute Gasteiger partial charge is 0.355 e. The number of carbonyl (C=O) groups excluding carboxylic acids is 11. The fourth-order valence-electron chi connectivity index (χ4n) is 13.5. The van der Waals surface area contributed by atoms with E-state index < -0.39 is 95.4 Å². The molecule has 0 aromatic heterocycles. The van der Waals surface area contributed by atoms with Gasteiger partial charge >= 0.3 is 0 Å². The van der Waals surface area contributed by atoms with Crippen LogP contribution in [-0.2, 0) is 59.2 Å². The van der Waals surface area contributed by atoms with Crippen LogP contribution in [0.25, 0.3) is 0 Å². The maximum absolute atomic E-state index is 15.0. The van der Waals surface area contributed by atoms with Crippen molar-refractivity contribution in [3.05, 3.63) is 35.4 Å². The van der Waals surface area contributed by atoms with Crippen LogP contribution in [0.15, 0.2) is 24.3 Å². The van der Waals surface area contributed by atoms with Gasteiger partial charge in [-0.3, -0.25) is 52.7 Å². The Labute approximate surface area is 512 Å². The van der Waals surface area contributed by atoms with Gasteiger partial charge in [0.25, 0.3) is 0 Å². The summed E-state index contributed by atoms with van der Waals surface area (Å²) in [6, 6.07) is 1.54. The van der Waals surface area contributed by atoms with Crippen molar-refractivity contribution >= 4 is 64.7 Å². The SMILES string of the molecule is CCCNC(=O)CN(C)C(=O)[C@H](Cc1ccc(C)cc1)N(CC)C(=O)[C@@H]1CCN1C(=O)[C@H](C)N(C)C(=O)[C@@H](CC(=O)[C@H](CC(C)C)N(C)C(=O)C[C@@H](C(C)=O)N(C)C(=O)[C@H](C1CCCC1)N(C)C(=O)C1(NC(=O)C2CCCC2)CCCC1)[C@@H](C)CC. The van der Waals surface area contributed by atoms with Gasteiger partial charge in [0, 0.05) is 79.6 Å². The Balaban J connectivity index is 1.30. The maximum atomic E-state index is 15.0. The van der Waals surface area contributed by atoms with Gasteiger partial charge in [0.15, 0.2) is 11.6 Å². The van der Waals surface area contributed by atoms with Crippen LogP contribution in [0.4, 0.5) is 0 Å². The van der Waals surface area contributed by atoms with E-state index in [1.165, 1.54) is 69.4 Å². The molecule has 4 aliphatic rings. The zero-order valence-corrected chi connectivity index (χ0v) is 54.5. The van der Waals surface area contributed by atoms with Crippen LogP contribution in [0.5, 0.6) is 0 Å². The number of hydrogen-bond donors (Lipinski definition) is 2. The third-order valence-electron chi connectivity index (χ3n) is 19.5. The number of hydrogen-bond acceptors (Lipinski definition) is 11. The van der Waals surface area contributed by atoms with Gasteiger partial charge in [-0.2, -0.15) is 0 Å². The number of benzene rings is 1. The molecule has 0 radical (unpaired) electrons. The summed E-state index contributed by atoms with van der Waals surface area (Å²) >= 11 is 0. The lowest BCUT2D eigenvalue weighted by molar-refractivity contribution is -0.161. The minimum absolute atomic E-state index is 0.0822. The van der Waals surface area contributed by atoms with Crippen molar-refractivity contribution in [2.75, 3.05) is 61.4 Å². The molecule has 1 aliphatic heterocycles. The Morgan fingerprint density at radius 1 is 0.686 bits per heavy atom. The summed E-state index contributed by atoms with van der Waals surface area (Å²) in [4.78, 5) is 167. The standard InChI is InChI=1S/C66H105N9O11/c1-15-35-67-56(78)41-69(10)62(83)54(38-47-30-28-43(6)29-31-47)74(17-3)63(84)51-32-36-75(51)60(81)45(8)70(11)61(82)50(44(7)16-2)39-55(77)53(37-42(4)5)71(12)57(79)40-52(46(9)76)72(13)64(85)58(48-24-18-19-25-48)73(14)65(86)66(33-22-23-34-66)68-59(80)49-26-20-21-27-49/h28-31,42,44-45,48-54,58H,15-27,32-41H2,1-14H3,(H,67,78)(H,68,80)/t44-,45-,50-,51-,52-,53-,54-,58-/m0/s1. The summed E-state index contributed by atoms with van der Waals surface area (Å²) in [5.74, 6) is -6.01. The van der Waals surface area contributed by atoms with Crippen molar-refractivity contribution < 1.29 is 52.7 Å². The van der Waals surface area contributed by atoms with Crippen LogP contribution in [0.2, 0.25) is 0 Å². The molecule has 8 atom stereocenters. The van der Waals surface area contributed by atoms with Gasteiger partial charge in [0.05, 0.1) is 25.0 Å². The molecule has 0 bridgehead atoms. The summed E-state index contributed by atoms with van der Waals surface area (Å²) in [7, 11) is 7.66. The van der Waals surface area contributed by atoms with Crippen LogP contribution in [0.3, 0.4) is 0 Å². The second kappa shape index (κ2) is 32.1. The second-order valence-electron chi connectivity index (χ2n) is 26.1. The summed E-state index contributed by atoms with van der Waals surface area (Å²) < 4.78 is 0. The molecule has 0 spiro atoms. The van der Waals surface area contributed by atoms with Crippen LogP contribution in [0, 0.1) is 36.5 Å². The minimum Gasteiger partial charge on any atom is -0.355 e. The van der Waals surface area contributed by atoms with E-state index in [1.54, 1.807) is 20.9 Å². The summed E-state index contributed by atoms with van der Waals surface area (Å²) in [6.07, 6.45) is 10.4. The van der Waals surface area contributed by atoms with E-state index in [4.69, 9.17) is 0 Å². The third-order valence-corrected chi connectivity index (χ3v) is 19.5. The van der Waals surface area contributed by atoms with Crippen LogP contribution < -0.4 is 10.6 Å². The smallest absolute Gasteiger partial charge is 0.248 e. The summed E-state index contributed by atoms with van der Waals surface area (Å²) in [6.45, 7) is 16.8. The minimum atomic E-state index is -1.23. The monoisotopic (exact) mass is 1200 g/mol. The molecule has 480 valence electrons. The molecule has 3 saturated carbocycles. The predicted molar refractivity (Wildman–Crippen MR) is 330 cm³/mol. The predicted octanol–water partition coefficient (Wildman–Crippen LogP) is 6.12. The van der Waals surface area contributed by atoms with Crippen LogP contribution in [-0.4, -0.2) is 202 Å². The molecule has 9 amide bonds. The highest BCUT2D eigenvalue weighted by Gasteiger charge is 2.50. The Morgan fingerprint density at radius 3 is 1.83 bits per heavy atom. The van der Waals surface area contributed by atoms with Gasteiger partial charge in [-0.05, 0) is 109 Å². The molecule has 3 aliphatic carbocycles. The molecule has 20 heteroatoms. The Kier molecular flexibility index (Phi) is 26.4. The number of nitrogens with zero attached hydrogens (tertiary/aromatic N) is 7. The molecule has 5 rings (SSSR count). The van der Waals surface area contributed by atoms with Gasteiger partial charge < -0.3 is 44.9 Å². The number of carbonyl (C=O) groups is 11. The highest BCUT2D eigenvalue weighted by molar-refractivity contribution is 6.00. The Bertz CT molecular complexity index is 2560. The van der Waals surface area contributed by atoms with Crippen molar-refractivity contribution in [1.29, 1.82) is 0 Å². The number of Topliss-reactive ketones (excluding diaryl/α,β-unsaturated/α-hetero) is 2. The molecule has 1 heterocycles. The van der Waals surface area contributed by atoms with E-state index in [1.807, 2.05) is 65.8 Å². The Hall–Kier alpha value is -6.21. The van der Waals surface area contributed by atoms with Gasteiger partial charge in [-0.15, -0.1) is 0 Å². The fraction of sp³-hybridized carbons (Fsp3) is 0.742. The highest BCUT2D eigenvalue weighted by Crippen LogP contribution is 2.38. The molecule has 1 saturated heterocycles. The third kappa shape index (κ3) is 17.3. The molecule has 4 fully saturated rings. The zero-order chi connectivity index (χ0) is 63.9. The fourth-order valence-corrected chi connectivity index (χ4v) is 13.5. The molecule has 1 aromatic rings. The number of nitrogens with one attached hydrogen (secondary N) is 2. The molecular weight excluding hydrogens is 1090 g/mol. The molecule has 0 unspecified atom stereocenters. The van der Waals surface area contributed by atoms with E-state index in [0.717, 1.165) is 68.9 Å². The zero-order valence-electron chi connectivity index (χ0n) is 54.5. The number of rotatable bonds is 31.